The summed E-state index contributed by atoms with van der Waals surface area (Å²) < 4.78 is 5.64. The molecule has 7 heteroatoms. The van der Waals surface area contributed by atoms with E-state index in [-0.39, 0.29) is 17.9 Å². The van der Waals surface area contributed by atoms with Crippen LogP contribution in [0.25, 0.3) is 0 Å². The standard InChI is InChI=1S/C23H28N4O3/c1-15-9-10-20(12-16(15)2)26-23(24-14-21-8-5-11-30-21)27-22(29)18-6-4-7-19(13-18)25-17(3)28/h4,6-7,9-10,12-13,21H,5,8,11,14H2,1-3H3,(H,25,28)(H2,24,26,27,29). The molecule has 0 radical (unpaired) electrons. The number of hydrogen-bond acceptors (Lipinski definition) is 4. The Morgan fingerprint density at radius 2 is 1.87 bits per heavy atom. The molecule has 1 heterocycles. The largest absolute Gasteiger partial charge is 0.376 e. The van der Waals surface area contributed by atoms with Crippen LogP contribution in [0.3, 0.4) is 0 Å². The number of hydrogen-bond donors (Lipinski definition) is 3. The van der Waals surface area contributed by atoms with E-state index in [2.05, 4.69) is 27.9 Å². The van der Waals surface area contributed by atoms with Crippen molar-refractivity contribution >= 4 is 29.1 Å². The van der Waals surface area contributed by atoms with Crippen LogP contribution in [0.4, 0.5) is 11.4 Å². The van der Waals surface area contributed by atoms with Gasteiger partial charge >= 0.3 is 0 Å². The third-order valence-corrected chi connectivity index (χ3v) is 4.92. The summed E-state index contributed by atoms with van der Waals surface area (Å²) in [6.07, 6.45) is 2.07. The summed E-state index contributed by atoms with van der Waals surface area (Å²) in [5.41, 5.74) is 4.17. The lowest BCUT2D eigenvalue weighted by atomic mass is 10.1. The number of aliphatic imine (C=N–C) groups is 1. The zero-order valence-electron chi connectivity index (χ0n) is 17.6. The number of ether oxygens (including phenoxy) is 1. The van der Waals surface area contributed by atoms with Crippen molar-refractivity contribution in [2.45, 2.75) is 39.7 Å². The van der Waals surface area contributed by atoms with Crippen LogP contribution in [-0.2, 0) is 9.53 Å². The van der Waals surface area contributed by atoms with E-state index in [0.717, 1.165) is 30.7 Å². The molecule has 1 aliphatic rings. The fraction of sp³-hybridized carbons (Fsp3) is 0.348. The average Bonchev–Trinajstić information content (AvgIpc) is 3.22. The zero-order chi connectivity index (χ0) is 21.5. The van der Waals surface area contributed by atoms with Crippen LogP contribution in [-0.4, -0.2) is 37.0 Å². The molecule has 1 aliphatic heterocycles. The van der Waals surface area contributed by atoms with Crippen LogP contribution in [0.2, 0.25) is 0 Å². The number of nitrogens with zero attached hydrogens (tertiary/aromatic N) is 1. The summed E-state index contributed by atoms with van der Waals surface area (Å²) in [5.74, 6) is -0.143. The van der Waals surface area contributed by atoms with Crippen LogP contribution in [0.5, 0.6) is 0 Å². The SMILES string of the molecule is CC(=O)Nc1cccc(C(=O)NC(=NCC2CCCO2)Nc2ccc(C)c(C)c2)c1. The topological polar surface area (TPSA) is 91.8 Å². The molecule has 1 saturated heterocycles. The Hall–Kier alpha value is -3.19. The Morgan fingerprint density at radius 3 is 2.57 bits per heavy atom. The molecule has 0 spiro atoms. The van der Waals surface area contributed by atoms with E-state index in [9.17, 15) is 9.59 Å². The molecule has 2 amide bonds. The molecule has 3 N–H and O–H groups in total. The molecule has 1 unspecified atom stereocenters. The first-order valence-corrected chi connectivity index (χ1v) is 10.1. The molecule has 1 atom stereocenters. The molecule has 0 saturated carbocycles. The van der Waals surface area contributed by atoms with E-state index < -0.39 is 0 Å². The lowest BCUT2D eigenvalue weighted by Crippen LogP contribution is -2.36. The number of nitrogens with one attached hydrogen (secondary N) is 3. The minimum Gasteiger partial charge on any atom is -0.376 e. The number of benzene rings is 2. The van der Waals surface area contributed by atoms with E-state index in [1.54, 1.807) is 24.3 Å². The second-order valence-corrected chi connectivity index (χ2v) is 7.46. The number of aryl methyl sites for hydroxylation is 2. The first-order valence-electron chi connectivity index (χ1n) is 10.1. The number of guanidine groups is 1. The Morgan fingerprint density at radius 1 is 1.07 bits per heavy atom. The number of amides is 2. The average molecular weight is 409 g/mol. The van der Waals surface area contributed by atoms with E-state index in [4.69, 9.17) is 4.74 Å². The van der Waals surface area contributed by atoms with Crippen molar-refractivity contribution in [2.24, 2.45) is 4.99 Å². The highest BCUT2D eigenvalue weighted by Gasteiger charge is 2.16. The second kappa shape index (κ2) is 10.0. The molecule has 30 heavy (non-hydrogen) atoms. The maximum absolute atomic E-state index is 12.8. The Kier molecular flexibility index (Phi) is 7.19. The van der Waals surface area contributed by atoms with Crippen molar-refractivity contribution in [3.05, 3.63) is 59.2 Å². The Balaban J connectivity index is 1.76. The van der Waals surface area contributed by atoms with E-state index in [1.807, 2.05) is 25.1 Å². The smallest absolute Gasteiger partial charge is 0.258 e. The van der Waals surface area contributed by atoms with Crippen molar-refractivity contribution in [1.82, 2.24) is 5.32 Å². The molecule has 158 valence electrons. The molecule has 2 aromatic rings. The van der Waals surface area contributed by atoms with E-state index in [0.29, 0.717) is 23.8 Å². The van der Waals surface area contributed by atoms with Crippen molar-refractivity contribution in [2.75, 3.05) is 23.8 Å². The number of carbonyl (C=O) groups excluding carboxylic acids is 2. The molecule has 0 bridgehead atoms. The van der Waals surface area contributed by atoms with Crippen LogP contribution >= 0.6 is 0 Å². The van der Waals surface area contributed by atoms with Gasteiger partial charge in [-0.1, -0.05) is 12.1 Å². The molecule has 1 fully saturated rings. The molecule has 0 aliphatic carbocycles. The van der Waals surface area contributed by atoms with Crippen molar-refractivity contribution < 1.29 is 14.3 Å². The van der Waals surface area contributed by atoms with Gasteiger partial charge in [-0.2, -0.15) is 0 Å². The van der Waals surface area contributed by atoms with Gasteiger partial charge in [0, 0.05) is 30.5 Å². The summed E-state index contributed by atoms with van der Waals surface area (Å²) in [4.78, 5) is 28.7. The van der Waals surface area contributed by atoms with Gasteiger partial charge in [0.25, 0.3) is 5.91 Å². The van der Waals surface area contributed by atoms with Gasteiger partial charge in [-0.25, -0.2) is 4.99 Å². The van der Waals surface area contributed by atoms with Gasteiger partial charge in [-0.3, -0.25) is 14.9 Å². The summed E-state index contributed by atoms with van der Waals surface area (Å²) in [7, 11) is 0. The fourth-order valence-electron chi connectivity index (χ4n) is 3.17. The Bertz CT molecular complexity index is 949. The highest BCUT2D eigenvalue weighted by molar-refractivity contribution is 6.10. The lowest BCUT2D eigenvalue weighted by molar-refractivity contribution is -0.114. The van der Waals surface area contributed by atoms with Gasteiger partial charge in [0.1, 0.15) is 0 Å². The van der Waals surface area contributed by atoms with Crippen molar-refractivity contribution in [1.29, 1.82) is 0 Å². The molecular formula is C23H28N4O3. The first-order chi connectivity index (χ1) is 14.4. The van der Waals surface area contributed by atoms with Gasteiger partial charge in [-0.05, 0) is 68.1 Å². The molecule has 7 nitrogen and oxygen atoms in total. The van der Waals surface area contributed by atoms with Gasteiger partial charge in [0.15, 0.2) is 0 Å². The van der Waals surface area contributed by atoms with Crippen molar-refractivity contribution in [3.8, 4) is 0 Å². The highest BCUT2D eigenvalue weighted by Crippen LogP contribution is 2.16. The summed E-state index contributed by atoms with van der Waals surface area (Å²) in [5, 5.41) is 8.75. The Labute approximate surface area is 176 Å². The summed E-state index contributed by atoms with van der Waals surface area (Å²) >= 11 is 0. The van der Waals surface area contributed by atoms with E-state index in [1.165, 1.54) is 12.5 Å². The maximum atomic E-state index is 12.8. The van der Waals surface area contributed by atoms with Gasteiger partial charge in [-0.15, -0.1) is 0 Å². The number of carbonyl (C=O) groups is 2. The second-order valence-electron chi connectivity index (χ2n) is 7.46. The normalized spacial score (nSPS) is 16.2. The minimum absolute atomic E-state index is 0.0709. The third kappa shape index (κ3) is 6.15. The number of anilines is 2. The van der Waals surface area contributed by atoms with Crippen LogP contribution < -0.4 is 16.0 Å². The van der Waals surface area contributed by atoms with Gasteiger partial charge in [0.2, 0.25) is 11.9 Å². The minimum atomic E-state index is -0.315. The lowest BCUT2D eigenvalue weighted by Gasteiger charge is -2.14. The zero-order valence-corrected chi connectivity index (χ0v) is 17.6. The van der Waals surface area contributed by atoms with Gasteiger partial charge < -0.3 is 15.4 Å². The van der Waals surface area contributed by atoms with Gasteiger partial charge in [0.05, 0.1) is 12.6 Å². The van der Waals surface area contributed by atoms with E-state index >= 15 is 0 Å². The van der Waals surface area contributed by atoms with Crippen LogP contribution in [0, 0.1) is 13.8 Å². The van der Waals surface area contributed by atoms with Crippen LogP contribution in [0.1, 0.15) is 41.3 Å². The summed E-state index contributed by atoms with van der Waals surface area (Å²) in [6.45, 7) is 6.74. The predicted octanol–water partition coefficient (Wildman–Crippen LogP) is 3.64. The molecular weight excluding hydrogens is 380 g/mol. The monoisotopic (exact) mass is 408 g/mol. The quantitative estimate of drug-likeness (QED) is 0.520. The highest BCUT2D eigenvalue weighted by atomic mass is 16.5. The fourth-order valence-corrected chi connectivity index (χ4v) is 3.17. The molecule has 2 aromatic carbocycles. The predicted molar refractivity (Wildman–Crippen MR) is 119 cm³/mol. The van der Waals surface area contributed by atoms with Crippen LogP contribution in [0.15, 0.2) is 47.5 Å². The first kappa shape index (κ1) is 21.5. The van der Waals surface area contributed by atoms with Crippen molar-refractivity contribution in [3.63, 3.8) is 0 Å². The number of rotatable bonds is 5. The summed E-state index contributed by atoms with van der Waals surface area (Å²) in [6, 6.07) is 12.8. The molecule has 3 rings (SSSR count). The third-order valence-electron chi connectivity index (χ3n) is 4.92. The maximum Gasteiger partial charge on any atom is 0.258 e. The molecule has 0 aromatic heterocycles.